The predicted octanol–water partition coefficient (Wildman–Crippen LogP) is 3.00. The lowest BCUT2D eigenvalue weighted by Gasteiger charge is -2.29. The van der Waals surface area contributed by atoms with Gasteiger partial charge in [-0.25, -0.2) is 4.79 Å². The maximum absolute atomic E-state index is 12.9. The van der Waals surface area contributed by atoms with Gasteiger partial charge in [0.2, 0.25) is 0 Å². The number of aromatic hydroxyl groups is 1. The topological polar surface area (TPSA) is 99.7 Å². The van der Waals surface area contributed by atoms with Gasteiger partial charge in [0.25, 0.3) is 5.91 Å². The molecule has 8 heteroatoms. The summed E-state index contributed by atoms with van der Waals surface area (Å²) in [5.74, 6) is -0.411. The van der Waals surface area contributed by atoms with Crippen molar-refractivity contribution in [3.05, 3.63) is 69.9 Å². The molecule has 0 aromatic heterocycles. The van der Waals surface area contributed by atoms with Gasteiger partial charge in [-0.3, -0.25) is 4.79 Å². The third-order valence-corrected chi connectivity index (χ3v) is 4.85. The number of phenols is 1. The number of carbonyl (C=O) groups excluding carboxylic acids is 2. The summed E-state index contributed by atoms with van der Waals surface area (Å²) in [5.41, 5.74) is 2.05. The first-order valence-electron chi connectivity index (χ1n) is 8.58. The van der Waals surface area contributed by atoms with Crippen LogP contribution in [0.25, 0.3) is 0 Å². The van der Waals surface area contributed by atoms with Crippen molar-refractivity contribution in [3.8, 4) is 11.5 Å². The van der Waals surface area contributed by atoms with Crippen LogP contribution in [0.3, 0.4) is 0 Å². The van der Waals surface area contributed by atoms with Gasteiger partial charge in [-0.15, -0.1) is 0 Å². The van der Waals surface area contributed by atoms with E-state index in [1.165, 1.54) is 13.2 Å². The number of amides is 3. The summed E-state index contributed by atoms with van der Waals surface area (Å²) < 4.78 is 5.05. The number of phenolic OH excluding ortho intramolecular Hbond substituents is 1. The van der Waals surface area contributed by atoms with Crippen molar-refractivity contribution < 1.29 is 19.4 Å². The molecule has 0 spiro atoms. The smallest absolute Gasteiger partial charge is 0.319 e. The Morgan fingerprint density at radius 1 is 1.25 bits per heavy atom. The maximum atomic E-state index is 12.9. The van der Waals surface area contributed by atoms with Crippen LogP contribution >= 0.6 is 11.6 Å². The zero-order valence-electron chi connectivity index (χ0n) is 15.4. The maximum Gasteiger partial charge on any atom is 0.319 e. The predicted molar refractivity (Wildman–Crippen MR) is 105 cm³/mol. The largest absolute Gasteiger partial charge is 0.503 e. The summed E-state index contributed by atoms with van der Waals surface area (Å²) in [6.07, 6.45) is 0. The fourth-order valence-electron chi connectivity index (χ4n) is 3.05. The molecule has 1 atom stereocenters. The molecule has 1 aliphatic heterocycles. The van der Waals surface area contributed by atoms with Crippen LogP contribution in [-0.4, -0.2) is 24.2 Å². The van der Waals surface area contributed by atoms with Gasteiger partial charge in [-0.05, 0) is 18.6 Å². The van der Waals surface area contributed by atoms with Gasteiger partial charge in [-0.2, -0.15) is 0 Å². The summed E-state index contributed by atoms with van der Waals surface area (Å²) in [7, 11) is 1.41. The third-order valence-electron chi connectivity index (χ3n) is 4.45. The Hall–Kier alpha value is -3.19. The van der Waals surface area contributed by atoms with Gasteiger partial charge >= 0.3 is 6.03 Å². The molecule has 146 valence electrons. The number of carbonyl (C=O) groups is 2. The molecular formula is C20H20ClN3O4. The second-order valence-electron chi connectivity index (χ2n) is 6.26. The van der Waals surface area contributed by atoms with Crippen molar-refractivity contribution in [2.45, 2.75) is 19.5 Å². The number of rotatable bonds is 5. The minimum atomic E-state index is -0.825. The van der Waals surface area contributed by atoms with Crippen LogP contribution in [-0.2, 0) is 11.3 Å². The Morgan fingerprint density at radius 2 is 1.96 bits per heavy atom. The zero-order valence-corrected chi connectivity index (χ0v) is 16.1. The number of hydrogen-bond donors (Lipinski definition) is 4. The molecule has 1 unspecified atom stereocenters. The summed E-state index contributed by atoms with van der Waals surface area (Å²) in [6, 6.07) is 11.3. The molecule has 7 nitrogen and oxygen atoms in total. The number of nitrogens with one attached hydrogen (secondary N) is 3. The Balaban J connectivity index is 1.93. The van der Waals surface area contributed by atoms with Crippen LogP contribution in [0.2, 0.25) is 5.02 Å². The number of benzene rings is 2. The van der Waals surface area contributed by atoms with E-state index >= 15 is 0 Å². The number of urea groups is 1. The third kappa shape index (κ3) is 3.89. The van der Waals surface area contributed by atoms with Gasteiger partial charge in [0.15, 0.2) is 11.5 Å². The van der Waals surface area contributed by atoms with Crippen LogP contribution in [0.4, 0.5) is 4.79 Å². The first kappa shape index (κ1) is 19.6. The molecule has 28 heavy (non-hydrogen) atoms. The molecule has 2 aromatic carbocycles. The number of halogens is 1. The first-order chi connectivity index (χ1) is 13.4. The first-order valence-corrected chi connectivity index (χ1v) is 8.96. The molecule has 3 amide bonds. The number of hydrogen-bond acceptors (Lipinski definition) is 4. The Bertz CT molecular complexity index is 944. The number of methoxy groups -OCH3 is 1. The van der Waals surface area contributed by atoms with Gasteiger partial charge in [0.05, 0.1) is 23.7 Å². The monoisotopic (exact) mass is 401 g/mol. The van der Waals surface area contributed by atoms with Gasteiger partial charge in [0.1, 0.15) is 0 Å². The van der Waals surface area contributed by atoms with E-state index in [9.17, 15) is 14.7 Å². The highest BCUT2D eigenvalue weighted by molar-refractivity contribution is 6.33. The molecule has 0 fully saturated rings. The van der Waals surface area contributed by atoms with Gasteiger partial charge < -0.3 is 25.8 Å². The molecule has 0 bridgehead atoms. The van der Waals surface area contributed by atoms with Gasteiger partial charge in [-0.1, -0.05) is 48.0 Å². The molecule has 0 saturated carbocycles. The van der Waals surface area contributed by atoms with Crippen LogP contribution in [0.1, 0.15) is 24.1 Å². The summed E-state index contributed by atoms with van der Waals surface area (Å²) in [6.45, 7) is 1.97. The molecule has 1 heterocycles. The van der Waals surface area contributed by atoms with E-state index in [1.54, 1.807) is 13.0 Å². The van der Waals surface area contributed by atoms with Crippen molar-refractivity contribution in [1.29, 1.82) is 0 Å². The summed E-state index contributed by atoms with van der Waals surface area (Å²) in [4.78, 5) is 24.9. The molecular weight excluding hydrogens is 382 g/mol. The van der Waals surface area contributed by atoms with Crippen molar-refractivity contribution in [3.63, 3.8) is 0 Å². The normalized spacial score (nSPS) is 16.2. The minimum Gasteiger partial charge on any atom is -0.503 e. The highest BCUT2D eigenvalue weighted by atomic mass is 35.5. The lowest BCUT2D eigenvalue weighted by atomic mass is 9.94. The molecule has 4 N–H and O–H groups in total. The Labute approximate surface area is 167 Å². The van der Waals surface area contributed by atoms with E-state index in [2.05, 4.69) is 16.0 Å². The highest BCUT2D eigenvalue weighted by Gasteiger charge is 2.33. The second kappa shape index (κ2) is 8.22. The lowest BCUT2D eigenvalue weighted by Crippen LogP contribution is -2.47. The van der Waals surface area contributed by atoms with Crippen molar-refractivity contribution in [2.24, 2.45) is 0 Å². The lowest BCUT2D eigenvalue weighted by molar-refractivity contribution is -0.118. The van der Waals surface area contributed by atoms with E-state index in [4.69, 9.17) is 16.3 Å². The van der Waals surface area contributed by atoms with E-state index in [-0.39, 0.29) is 22.4 Å². The number of allylic oxidation sites excluding steroid dienone is 1. The van der Waals surface area contributed by atoms with Crippen molar-refractivity contribution >= 4 is 23.5 Å². The van der Waals surface area contributed by atoms with Crippen LogP contribution in [0.5, 0.6) is 11.5 Å². The summed E-state index contributed by atoms with van der Waals surface area (Å²) >= 11 is 6.29. The Morgan fingerprint density at radius 3 is 2.64 bits per heavy atom. The van der Waals surface area contributed by atoms with E-state index in [1.807, 2.05) is 30.3 Å². The highest BCUT2D eigenvalue weighted by Crippen LogP contribution is 2.41. The zero-order chi connectivity index (χ0) is 20.3. The average molecular weight is 402 g/mol. The average Bonchev–Trinajstić information content (AvgIpc) is 2.68. The fourth-order valence-corrected chi connectivity index (χ4v) is 3.32. The standard InChI is InChI=1S/C20H20ClN3O4/c1-11-15(19(26)22-10-12-6-4-3-5-7-12)17(24-20(27)23-11)13-8-9-14(28-2)18(25)16(13)21/h3-9,17,25H,10H2,1-2H3,(H,22,26)(H2,23,24,27). The molecule has 0 saturated heterocycles. The molecule has 2 aromatic rings. The van der Waals surface area contributed by atoms with E-state index in [0.29, 0.717) is 23.4 Å². The SMILES string of the molecule is COc1ccc(C2NC(=O)NC(C)=C2C(=O)NCc2ccccc2)c(Cl)c1O. The molecule has 0 radical (unpaired) electrons. The van der Waals surface area contributed by atoms with Crippen LogP contribution < -0.4 is 20.7 Å². The fraction of sp³-hybridized carbons (Fsp3) is 0.200. The molecule has 0 aliphatic carbocycles. The Kier molecular flexibility index (Phi) is 5.75. The second-order valence-corrected chi connectivity index (χ2v) is 6.64. The van der Waals surface area contributed by atoms with E-state index < -0.39 is 12.1 Å². The number of ether oxygens (including phenoxy) is 1. The van der Waals surface area contributed by atoms with Crippen molar-refractivity contribution in [1.82, 2.24) is 16.0 Å². The minimum absolute atomic E-state index is 0.00714. The molecule has 1 aliphatic rings. The van der Waals surface area contributed by atoms with E-state index in [0.717, 1.165) is 5.56 Å². The summed E-state index contributed by atoms with van der Waals surface area (Å²) in [5, 5.41) is 18.4. The van der Waals surface area contributed by atoms with Crippen molar-refractivity contribution in [2.75, 3.05) is 7.11 Å². The van der Waals surface area contributed by atoms with Crippen LogP contribution in [0, 0.1) is 0 Å². The van der Waals surface area contributed by atoms with Gasteiger partial charge in [0, 0.05) is 17.8 Å². The quantitative estimate of drug-likeness (QED) is 0.618. The van der Waals surface area contributed by atoms with Crippen LogP contribution in [0.15, 0.2) is 53.7 Å². The molecule has 3 rings (SSSR count).